The highest BCUT2D eigenvalue weighted by atomic mass is 32.1. The number of hydrogen-bond donors (Lipinski definition) is 0. The van der Waals surface area contributed by atoms with Crippen LogP contribution < -0.4 is 4.90 Å². The van der Waals surface area contributed by atoms with E-state index in [1.807, 2.05) is 11.3 Å². The standard InChI is InChI=1S/C40H25NS/c1-2-13-29(14-3-1)41(36-25-28-12-5-7-16-31(28)39-34-17-8-9-20-37(34)42-40(36)39)35-19-10-18-33-32(35)24-23-27-22-21-26-11-4-6-15-30(26)38(27)33/h1-25H. The van der Waals surface area contributed by atoms with Crippen molar-refractivity contribution < 1.29 is 0 Å². The summed E-state index contributed by atoms with van der Waals surface area (Å²) in [5.74, 6) is 0. The van der Waals surface area contributed by atoms with Crippen LogP contribution in [0, 0.1) is 0 Å². The van der Waals surface area contributed by atoms with Gasteiger partial charge in [-0.25, -0.2) is 0 Å². The van der Waals surface area contributed by atoms with Gasteiger partial charge in [0.05, 0.1) is 16.1 Å². The summed E-state index contributed by atoms with van der Waals surface area (Å²) in [6.07, 6.45) is 0. The third kappa shape index (κ3) is 3.43. The minimum Gasteiger partial charge on any atom is -0.308 e. The van der Waals surface area contributed by atoms with Crippen molar-refractivity contribution in [3.8, 4) is 0 Å². The average molecular weight is 552 g/mol. The summed E-state index contributed by atoms with van der Waals surface area (Å²) in [7, 11) is 0. The molecule has 9 rings (SSSR count). The second kappa shape index (κ2) is 9.17. The lowest BCUT2D eigenvalue weighted by molar-refractivity contribution is 1.32. The molecule has 1 heterocycles. The van der Waals surface area contributed by atoms with Crippen molar-refractivity contribution >= 4 is 91.7 Å². The maximum atomic E-state index is 2.48. The third-order valence-electron chi connectivity index (χ3n) is 8.59. The molecule has 1 nitrogen and oxygen atoms in total. The number of nitrogens with zero attached hydrogens (tertiary/aromatic N) is 1. The van der Waals surface area contributed by atoms with Crippen molar-refractivity contribution in [3.63, 3.8) is 0 Å². The maximum absolute atomic E-state index is 2.48. The van der Waals surface area contributed by atoms with Crippen LogP contribution in [0.1, 0.15) is 0 Å². The normalized spacial score (nSPS) is 11.8. The molecule has 0 saturated carbocycles. The molecule has 0 fully saturated rings. The fraction of sp³-hybridized carbons (Fsp3) is 0. The molecule has 196 valence electrons. The Morgan fingerprint density at radius 3 is 1.88 bits per heavy atom. The summed E-state index contributed by atoms with van der Waals surface area (Å²) in [5, 5.41) is 12.9. The average Bonchev–Trinajstić information content (AvgIpc) is 3.45. The number of anilines is 3. The van der Waals surface area contributed by atoms with Crippen LogP contribution in [0.4, 0.5) is 17.1 Å². The van der Waals surface area contributed by atoms with E-state index in [1.165, 1.54) is 74.6 Å². The lowest BCUT2D eigenvalue weighted by Crippen LogP contribution is -2.10. The molecule has 0 N–H and O–H groups in total. The molecule has 1 aromatic heterocycles. The molecule has 8 aromatic carbocycles. The zero-order valence-electron chi connectivity index (χ0n) is 22.8. The molecule has 0 amide bonds. The van der Waals surface area contributed by atoms with Crippen molar-refractivity contribution in [1.29, 1.82) is 0 Å². The van der Waals surface area contributed by atoms with Crippen LogP contribution in [0.2, 0.25) is 0 Å². The smallest absolute Gasteiger partial charge is 0.0647 e. The molecule has 0 aliphatic heterocycles. The fourth-order valence-corrected chi connectivity index (χ4v) is 7.97. The summed E-state index contributed by atoms with van der Waals surface area (Å²) in [6.45, 7) is 0. The minimum atomic E-state index is 1.15. The SMILES string of the molecule is c1ccc(N(c2cccc3c2ccc2ccc4ccccc4c23)c2cc3ccccc3c3c2sc2ccccc23)cc1. The van der Waals surface area contributed by atoms with Crippen molar-refractivity contribution in [2.45, 2.75) is 0 Å². The van der Waals surface area contributed by atoms with E-state index in [9.17, 15) is 0 Å². The van der Waals surface area contributed by atoms with E-state index in [2.05, 4.69) is 157 Å². The number of benzene rings is 8. The molecule has 0 aliphatic carbocycles. The van der Waals surface area contributed by atoms with Crippen molar-refractivity contribution in [3.05, 3.63) is 152 Å². The highest BCUT2D eigenvalue weighted by molar-refractivity contribution is 7.26. The van der Waals surface area contributed by atoms with Crippen LogP contribution in [0.3, 0.4) is 0 Å². The summed E-state index contributed by atoms with van der Waals surface area (Å²) in [4.78, 5) is 2.48. The van der Waals surface area contributed by atoms with Gasteiger partial charge in [-0.05, 0) is 68.0 Å². The number of thiophene rings is 1. The number of fused-ring (bicyclic) bond motifs is 10. The van der Waals surface area contributed by atoms with E-state index < -0.39 is 0 Å². The quantitative estimate of drug-likeness (QED) is 0.197. The Bertz CT molecular complexity index is 2470. The molecule has 9 aromatic rings. The first kappa shape index (κ1) is 23.5. The summed E-state index contributed by atoms with van der Waals surface area (Å²) in [5.41, 5.74) is 3.54. The maximum Gasteiger partial charge on any atom is 0.0647 e. The summed E-state index contributed by atoms with van der Waals surface area (Å²) < 4.78 is 2.62. The van der Waals surface area contributed by atoms with Gasteiger partial charge in [-0.1, -0.05) is 121 Å². The van der Waals surface area contributed by atoms with Crippen molar-refractivity contribution in [2.75, 3.05) is 4.90 Å². The number of hydrogen-bond acceptors (Lipinski definition) is 2. The van der Waals surface area contributed by atoms with E-state index >= 15 is 0 Å². The lowest BCUT2D eigenvalue weighted by Gasteiger charge is -2.28. The van der Waals surface area contributed by atoms with E-state index in [-0.39, 0.29) is 0 Å². The molecule has 0 atom stereocenters. The van der Waals surface area contributed by atoms with Gasteiger partial charge in [-0.15, -0.1) is 11.3 Å². The van der Waals surface area contributed by atoms with Crippen molar-refractivity contribution in [1.82, 2.24) is 0 Å². The second-order valence-corrected chi connectivity index (χ2v) is 12.0. The highest BCUT2D eigenvalue weighted by Crippen LogP contribution is 2.49. The molecule has 0 saturated heterocycles. The highest BCUT2D eigenvalue weighted by Gasteiger charge is 2.22. The molecular weight excluding hydrogens is 527 g/mol. The molecule has 42 heavy (non-hydrogen) atoms. The number of rotatable bonds is 3. The van der Waals surface area contributed by atoms with Gasteiger partial charge < -0.3 is 4.90 Å². The van der Waals surface area contributed by atoms with E-state index in [1.54, 1.807) is 0 Å². The van der Waals surface area contributed by atoms with E-state index in [0.717, 1.165) is 5.69 Å². The second-order valence-electron chi connectivity index (χ2n) is 10.9. The van der Waals surface area contributed by atoms with Gasteiger partial charge in [0.15, 0.2) is 0 Å². The van der Waals surface area contributed by atoms with Crippen LogP contribution in [0.15, 0.2) is 152 Å². The Balaban J connectivity index is 1.43. The van der Waals surface area contributed by atoms with E-state index in [4.69, 9.17) is 0 Å². The monoisotopic (exact) mass is 551 g/mol. The topological polar surface area (TPSA) is 3.24 Å². The summed E-state index contributed by atoms with van der Waals surface area (Å²) in [6, 6.07) is 55.4. The molecule has 0 spiro atoms. The minimum absolute atomic E-state index is 1.15. The first-order valence-electron chi connectivity index (χ1n) is 14.4. The van der Waals surface area contributed by atoms with Gasteiger partial charge in [0.1, 0.15) is 0 Å². The number of para-hydroxylation sites is 1. The predicted molar refractivity (Wildman–Crippen MR) is 184 cm³/mol. The predicted octanol–water partition coefficient (Wildman–Crippen LogP) is 12.1. The molecule has 2 heteroatoms. The van der Waals surface area contributed by atoms with Gasteiger partial charge >= 0.3 is 0 Å². The van der Waals surface area contributed by atoms with Gasteiger partial charge in [0.25, 0.3) is 0 Å². The molecule has 0 unspecified atom stereocenters. The van der Waals surface area contributed by atoms with Gasteiger partial charge in [0, 0.05) is 26.5 Å². The van der Waals surface area contributed by atoms with Crippen LogP contribution in [-0.4, -0.2) is 0 Å². The Morgan fingerprint density at radius 2 is 1.02 bits per heavy atom. The Hall–Kier alpha value is -5.18. The van der Waals surface area contributed by atoms with E-state index in [0.29, 0.717) is 0 Å². The summed E-state index contributed by atoms with van der Waals surface area (Å²) >= 11 is 1.89. The molecule has 0 bridgehead atoms. The third-order valence-corrected chi connectivity index (χ3v) is 9.78. The Morgan fingerprint density at radius 1 is 0.381 bits per heavy atom. The molecule has 0 aliphatic rings. The Kier molecular flexibility index (Phi) is 5.13. The zero-order chi connectivity index (χ0) is 27.6. The molecule has 0 radical (unpaired) electrons. The van der Waals surface area contributed by atoms with Gasteiger partial charge in [0.2, 0.25) is 0 Å². The Labute approximate surface area is 247 Å². The fourth-order valence-electron chi connectivity index (χ4n) is 6.75. The van der Waals surface area contributed by atoms with Crippen LogP contribution in [0.5, 0.6) is 0 Å². The van der Waals surface area contributed by atoms with Crippen molar-refractivity contribution in [2.24, 2.45) is 0 Å². The largest absolute Gasteiger partial charge is 0.308 e. The lowest BCUT2D eigenvalue weighted by atomic mass is 9.95. The first-order valence-corrected chi connectivity index (χ1v) is 15.2. The van der Waals surface area contributed by atoms with Crippen LogP contribution >= 0.6 is 11.3 Å². The van der Waals surface area contributed by atoms with Crippen LogP contribution in [-0.2, 0) is 0 Å². The van der Waals surface area contributed by atoms with Gasteiger partial charge in [-0.3, -0.25) is 0 Å². The first-order chi connectivity index (χ1) is 20.8. The molecular formula is C40H25NS. The van der Waals surface area contributed by atoms with Gasteiger partial charge in [-0.2, -0.15) is 0 Å². The zero-order valence-corrected chi connectivity index (χ0v) is 23.6. The van der Waals surface area contributed by atoms with Crippen LogP contribution in [0.25, 0.3) is 63.3 Å².